The largest absolute Gasteiger partial charge is 0.325 e. The number of nitrogens with zero attached hydrogens (tertiary/aromatic N) is 1. The molecule has 1 aromatic rings. The number of rotatable bonds is 0. The lowest BCUT2D eigenvalue weighted by atomic mass is 9.80. The van der Waals surface area contributed by atoms with E-state index in [-0.39, 0.29) is 11.4 Å². The second-order valence-electron chi connectivity index (χ2n) is 6.78. The van der Waals surface area contributed by atoms with Crippen LogP contribution in [0.2, 0.25) is 0 Å². The van der Waals surface area contributed by atoms with Crippen LogP contribution in [0.1, 0.15) is 38.3 Å². The van der Waals surface area contributed by atoms with Gasteiger partial charge in [0, 0.05) is 29.9 Å². The number of amides is 1. The lowest BCUT2D eigenvalue weighted by molar-refractivity contribution is -0.120. The summed E-state index contributed by atoms with van der Waals surface area (Å²) in [5.74, 6) is 2.79. The molecule has 3 nitrogen and oxygen atoms in total. The average molecular weight is 268 g/mol. The molecule has 0 saturated carbocycles. The van der Waals surface area contributed by atoms with Gasteiger partial charge in [0.15, 0.2) is 0 Å². The second kappa shape index (κ2) is 4.10. The molecular weight excluding hydrogens is 248 g/mol. The maximum atomic E-state index is 12.5. The molecule has 1 fully saturated rings. The van der Waals surface area contributed by atoms with Gasteiger partial charge in [-0.1, -0.05) is 5.92 Å². The summed E-state index contributed by atoms with van der Waals surface area (Å²) in [5, 5.41) is 3.02. The topological polar surface area (TPSA) is 32.3 Å². The first kappa shape index (κ1) is 13.2. The molecule has 3 rings (SSSR count). The van der Waals surface area contributed by atoms with Gasteiger partial charge in [-0.25, -0.2) is 0 Å². The molecule has 1 amide bonds. The Balaban J connectivity index is 2.05. The zero-order chi connectivity index (χ0) is 14.5. The Labute approximate surface area is 120 Å². The molecule has 2 aliphatic rings. The van der Waals surface area contributed by atoms with E-state index in [0.717, 1.165) is 36.3 Å². The van der Waals surface area contributed by atoms with Crippen LogP contribution < -0.4 is 5.32 Å². The third-order valence-electron chi connectivity index (χ3n) is 4.60. The highest BCUT2D eigenvalue weighted by molar-refractivity contribution is 6.06. The van der Waals surface area contributed by atoms with Gasteiger partial charge >= 0.3 is 0 Å². The van der Waals surface area contributed by atoms with Crippen molar-refractivity contribution in [3.8, 4) is 12.3 Å². The van der Waals surface area contributed by atoms with E-state index >= 15 is 0 Å². The van der Waals surface area contributed by atoms with Crippen molar-refractivity contribution in [3.63, 3.8) is 0 Å². The van der Waals surface area contributed by atoms with Crippen molar-refractivity contribution in [2.45, 2.75) is 38.1 Å². The van der Waals surface area contributed by atoms with Crippen LogP contribution in [-0.2, 0) is 10.2 Å². The number of hydrogen-bond acceptors (Lipinski definition) is 2. The van der Waals surface area contributed by atoms with Gasteiger partial charge in [0.05, 0.1) is 5.41 Å². The van der Waals surface area contributed by atoms with E-state index in [2.05, 4.69) is 36.9 Å². The molecule has 3 heteroatoms. The van der Waals surface area contributed by atoms with E-state index in [9.17, 15) is 4.79 Å². The fraction of sp³-hybridized carbons (Fsp3) is 0.471. The number of terminal acetylenes is 1. The van der Waals surface area contributed by atoms with E-state index in [1.807, 2.05) is 18.2 Å². The molecule has 20 heavy (non-hydrogen) atoms. The Bertz CT molecular complexity index is 621. The van der Waals surface area contributed by atoms with Crippen LogP contribution in [0.4, 0.5) is 5.69 Å². The quantitative estimate of drug-likeness (QED) is 0.733. The van der Waals surface area contributed by atoms with Gasteiger partial charge in [-0.05, 0) is 51.0 Å². The van der Waals surface area contributed by atoms with Crippen LogP contribution in [0.5, 0.6) is 0 Å². The molecule has 1 saturated heterocycles. The summed E-state index contributed by atoms with van der Waals surface area (Å²) in [5.41, 5.74) is 2.49. The third kappa shape index (κ3) is 1.76. The molecule has 0 aromatic heterocycles. The van der Waals surface area contributed by atoms with Crippen molar-refractivity contribution < 1.29 is 4.79 Å². The molecule has 0 bridgehead atoms. The van der Waals surface area contributed by atoms with Gasteiger partial charge < -0.3 is 5.32 Å². The first-order valence-electron chi connectivity index (χ1n) is 7.04. The fourth-order valence-electron chi connectivity index (χ4n) is 3.29. The Morgan fingerprint density at radius 2 is 2.15 bits per heavy atom. The number of nitrogens with one attached hydrogen (secondary N) is 1. The molecule has 1 N–H and O–H groups in total. The van der Waals surface area contributed by atoms with Gasteiger partial charge in [0.1, 0.15) is 0 Å². The molecule has 1 atom stereocenters. The summed E-state index contributed by atoms with van der Waals surface area (Å²) in [4.78, 5) is 14.9. The van der Waals surface area contributed by atoms with Crippen LogP contribution in [0.25, 0.3) is 0 Å². The predicted octanol–water partition coefficient (Wildman–Crippen LogP) is 2.36. The monoisotopic (exact) mass is 268 g/mol. The molecule has 1 unspecified atom stereocenters. The molecule has 0 aliphatic carbocycles. The first-order chi connectivity index (χ1) is 9.37. The van der Waals surface area contributed by atoms with Crippen molar-refractivity contribution in [1.82, 2.24) is 4.90 Å². The van der Waals surface area contributed by atoms with Gasteiger partial charge in [-0.3, -0.25) is 9.69 Å². The molecule has 104 valence electrons. The van der Waals surface area contributed by atoms with E-state index < -0.39 is 5.41 Å². The fourth-order valence-corrected chi connectivity index (χ4v) is 3.29. The third-order valence-corrected chi connectivity index (χ3v) is 4.60. The molecule has 1 aromatic carbocycles. The highest BCUT2D eigenvalue weighted by Crippen LogP contribution is 2.45. The Morgan fingerprint density at radius 3 is 2.75 bits per heavy atom. The summed E-state index contributed by atoms with van der Waals surface area (Å²) < 4.78 is 0. The van der Waals surface area contributed by atoms with Crippen LogP contribution >= 0.6 is 0 Å². The summed E-state index contributed by atoms with van der Waals surface area (Å²) >= 11 is 0. The standard InChI is InChI=1S/C17H20N2O/c1-5-12-6-7-14-13(10-12)17(15(20)18-14)8-9-19(11-17)16(2,3)4/h1,6-7,10H,8-9,11H2,2-4H3,(H,18,20). The predicted molar refractivity (Wildman–Crippen MR) is 80.6 cm³/mol. The molecule has 2 aliphatic heterocycles. The zero-order valence-electron chi connectivity index (χ0n) is 12.3. The van der Waals surface area contributed by atoms with Crippen molar-refractivity contribution in [2.75, 3.05) is 18.4 Å². The Kier molecular flexibility index (Phi) is 2.71. The molecular formula is C17H20N2O. The lowest BCUT2D eigenvalue weighted by Crippen LogP contribution is -2.44. The van der Waals surface area contributed by atoms with Crippen LogP contribution in [0, 0.1) is 12.3 Å². The Morgan fingerprint density at radius 1 is 1.40 bits per heavy atom. The van der Waals surface area contributed by atoms with E-state index in [1.165, 1.54) is 0 Å². The maximum absolute atomic E-state index is 12.5. The van der Waals surface area contributed by atoms with Gasteiger partial charge in [-0.15, -0.1) is 6.42 Å². The van der Waals surface area contributed by atoms with Crippen LogP contribution in [0.15, 0.2) is 18.2 Å². The summed E-state index contributed by atoms with van der Waals surface area (Å²) in [6.07, 6.45) is 6.35. The number of anilines is 1. The maximum Gasteiger partial charge on any atom is 0.236 e. The first-order valence-corrected chi connectivity index (χ1v) is 7.04. The molecule has 0 radical (unpaired) electrons. The molecule has 2 heterocycles. The average Bonchev–Trinajstić information content (AvgIpc) is 2.94. The minimum Gasteiger partial charge on any atom is -0.325 e. The summed E-state index contributed by atoms with van der Waals surface area (Å²) in [7, 11) is 0. The molecule has 1 spiro atoms. The van der Waals surface area contributed by atoms with E-state index in [0.29, 0.717) is 0 Å². The number of benzene rings is 1. The summed E-state index contributed by atoms with van der Waals surface area (Å²) in [6.45, 7) is 8.28. The highest BCUT2D eigenvalue weighted by atomic mass is 16.2. The van der Waals surface area contributed by atoms with E-state index in [4.69, 9.17) is 6.42 Å². The van der Waals surface area contributed by atoms with E-state index in [1.54, 1.807) is 0 Å². The van der Waals surface area contributed by atoms with Crippen molar-refractivity contribution >= 4 is 11.6 Å². The minimum absolute atomic E-state index is 0.0796. The smallest absolute Gasteiger partial charge is 0.236 e. The van der Waals surface area contributed by atoms with Crippen LogP contribution in [-0.4, -0.2) is 29.4 Å². The van der Waals surface area contributed by atoms with Crippen molar-refractivity contribution in [3.05, 3.63) is 29.3 Å². The highest BCUT2D eigenvalue weighted by Gasteiger charge is 2.52. The number of hydrogen-bond donors (Lipinski definition) is 1. The number of fused-ring (bicyclic) bond motifs is 2. The normalized spacial score (nSPS) is 25.6. The van der Waals surface area contributed by atoms with Crippen molar-refractivity contribution in [1.29, 1.82) is 0 Å². The lowest BCUT2D eigenvalue weighted by Gasteiger charge is -2.33. The van der Waals surface area contributed by atoms with Gasteiger partial charge in [0.25, 0.3) is 0 Å². The van der Waals surface area contributed by atoms with Gasteiger partial charge in [-0.2, -0.15) is 0 Å². The number of likely N-dealkylation sites (tertiary alicyclic amines) is 1. The van der Waals surface area contributed by atoms with Crippen LogP contribution in [0.3, 0.4) is 0 Å². The second-order valence-corrected chi connectivity index (χ2v) is 6.78. The minimum atomic E-state index is -0.421. The van der Waals surface area contributed by atoms with Crippen molar-refractivity contribution in [2.24, 2.45) is 0 Å². The number of carbonyl (C=O) groups excluding carboxylic acids is 1. The van der Waals surface area contributed by atoms with Gasteiger partial charge in [0.2, 0.25) is 5.91 Å². The number of carbonyl (C=O) groups is 1. The zero-order valence-corrected chi connectivity index (χ0v) is 12.3. The SMILES string of the molecule is C#Cc1ccc2c(c1)C1(CCN(C(C)(C)C)C1)C(=O)N2. The summed E-state index contributed by atoms with van der Waals surface area (Å²) in [6, 6.07) is 5.81. The Hall–Kier alpha value is -1.79.